The van der Waals surface area contributed by atoms with Crippen molar-refractivity contribution in [2.24, 2.45) is 5.73 Å². The van der Waals surface area contributed by atoms with Gasteiger partial charge < -0.3 is 10.5 Å². The smallest absolute Gasteiger partial charge is 0.220 e. The van der Waals surface area contributed by atoms with E-state index in [1.807, 2.05) is 6.92 Å². The summed E-state index contributed by atoms with van der Waals surface area (Å²) in [5.41, 5.74) is 5.74. The molecule has 2 aromatic heterocycles. The lowest BCUT2D eigenvalue weighted by atomic mass is 10.3. The number of amidine groups is 1. The zero-order valence-electron chi connectivity index (χ0n) is 9.42. The Labute approximate surface area is 98.5 Å². The molecule has 0 amide bonds. The molecular weight excluding hydrogens is 218 g/mol. The van der Waals surface area contributed by atoms with E-state index in [1.54, 1.807) is 35.3 Å². The summed E-state index contributed by atoms with van der Waals surface area (Å²) in [7, 11) is 0. The minimum Gasteiger partial charge on any atom is -0.436 e. The monoisotopic (exact) mass is 231 g/mol. The molecular formula is C11H13N5O. The van der Waals surface area contributed by atoms with Crippen molar-refractivity contribution in [1.82, 2.24) is 14.8 Å². The largest absolute Gasteiger partial charge is 0.436 e. The first-order valence-corrected chi connectivity index (χ1v) is 5.21. The number of nitrogens with two attached hydrogens (primary N) is 1. The minimum atomic E-state index is -0.0836. The van der Waals surface area contributed by atoms with E-state index in [-0.39, 0.29) is 5.84 Å². The first kappa shape index (κ1) is 11.1. The highest BCUT2D eigenvalue weighted by Crippen LogP contribution is 2.18. The Morgan fingerprint density at radius 3 is 3.00 bits per heavy atom. The fourth-order valence-corrected chi connectivity index (χ4v) is 1.31. The molecule has 0 bridgehead atoms. The number of hydrogen-bond acceptors (Lipinski definition) is 4. The third-order valence-electron chi connectivity index (χ3n) is 2.16. The average Bonchev–Trinajstić information content (AvgIpc) is 2.77. The molecule has 0 aliphatic rings. The highest BCUT2D eigenvalue weighted by Gasteiger charge is 2.04. The third kappa shape index (κ3) is 2.60. The van der Waals surface area contributed by atoms with E-state index >= 15 is 0 Å². The maximum atomic E-state index is 7.29. The van der Waals surface area contributed by atoms with Crippen molar-refractivity contribution >= 4 is 5.84 Å². The second-order valence-electron chi connectivity index (χ2n) is 3.41. The molecule has 0 aliphatic carbocycles. The van der Waals surface area contributed by atoms with Gasteiger partial charge in [0.25, 0.3) is 0 Å². The van der Waals surface area contributed by atoms with Crippen LogP contribution in [0, 0.1) is 5.41 Å². The number of hydrogen-bond donors (Lipinski definition) is 2. The summed E-state index contributed by atoms with van der Waals surface area (Å²) < 4.78 is 7.26. The van der Waals surface area contributed by atoms with E-state index in [4.69, 9.17) is 15.9 Å². The number of pyridine rings is 1. The number of nitrogen functional groups attached to an aromatic ring is 1. The van der Waals surface area contributed by atoms with Gasteiger partial charge in [-0.15, -0.1) is 0 Å². The number of nitrogens with zero attached hydrogens (tertiary/aromatic N) is 3. The van der Waals surface area contributed by atoms with E-state index in [9.17, 15) is 0 Å². The van der Waals surface area contributed by atoms with Crippen LogP contribution in [0.3, 0.4) is 0 Å². The van der Waals surface area contributed by atoms with Crippen molar-refractivity contribution in [2.75, 3.05) is 0 Å². The predicted molar refractivity (Wildman–Crippen MR) is 63.2 cm³/mol. The Morgan fingerprint density at radius 1 is 1.53 bits per heavy atom. The van der Waals surface area contributed by atoms with Gasteiger partial charge in [-0.25, -0.2) is 4.98 Å². The fraction of sp³-hybridized carbons (Fsp3) is 0.182. The zero-order chi connectivity index (χ0) is 12.3. The van der Waals surface area contributed by atoms with Gasteiger partial charge >= 0.3 is 0 Å². The molecule has 2 heterocycles. The highest BCUT2D eigenvalue weighted by atomic mass is 16.5. The topological polar surface area (TPSA) is 89.8 Å². The lowest BCUT2D eigenvalue weighted by molar-refractivity contribution is 0.461. The van der Waals surface area contributed by atoms with Gasteiger partial charge in [0.05, 0.1) is 12.4 Å². The standard InChI is InChI=1S/C11H13N5O/c1-2-16-7-8(6-14-16)17-10-5-3-4-9(15-10)11(12)13/h3-7H,2H2,1H3,(H3,12,13). The Bertz CT molecular complexity index is 534. The van der Waals surface area contributed by atoms with E-state index in [1.165, 1.54) is 0 Å². The van der Waals surface area contributed by atoms with E-state index in [0.29, 0.717) is 17.3 Å². The maximum absolute atomic E-state index is 7.29. The number of ether oxygens (including phenoxy) is 1. The molecule has 0 aliphatic heterocycles. The Morgan fingerprint density at radius 2 is 2.35 bits per heavy atom. The molecule has 0 saturated heterocycles. The minimum absolute atomic E-state index is 0.0836. The second-order valence-corrected chi connectivity index (χ2v) is 3.41. The highest BCUT2D eigenvalue weighted by molar-refractivity contribution is 5.93. The first-order chi connectivity index (χ1) is 8.19. The molecule has 2 aromatic rings. The van der Waals surface area contributed by atoms with E-state index in [0.717, 1.165) is 6.54 Å². The number of aromatic nitrogens is 3. The summed E-state index contributed by atoms with van der Waals surface area (Å²) in [5, 5.41) is 11.4. The number of rotatable bonds is 4. The van der Waals surface area contributed by atoms with Crippen molar-refractivity contribution in [1.29, 1.82) is 5.41 Å². The maximum Gasteiger partial charge on any atom is 0.220 e. The molecule has 17 heavy (non-hydrogen) atoms. The van der Waals surface area contributed by atoms with Gasteiger partial charge in [-0.1, -0.05) is 6.07 Å². The molecule has 6 nitrogen and oxygen atoms in total. The fourth-order valence-electron chi connectivity index (χ4n) is 1.31. The molecule has 0 unspecified atom stereocenters. The molecule has 2 rings (SSSR count). The van der Waals surface area contributed by atoms with Crippen LogP contribution in [0.5, 0.6) is 11.6 Å². The summed E-state index contributed by atoms with van der Waals surface area (Å²) in [6.45, 7) is 2.77. The summed E-state index contributed by atoms with van der Waals surface area (Å²) >= 11 is 0. The van der Waals surface area contributed by atoms with E-state index in [2.05, 4.69) is 10.1 Å². The van der Waals surface area contributed by atoms with Crippen LogP contribution in [0.4, 0.5) is 0 Å². The van der Waals surface area contributed by atoms with Crippen molar-refractivity contribution in [2.45, 2.75) is 13.5 Å². The van der Waals surface area contributed by atoms with Gasteiger partial charge in [-0.2, -0.15) is 5.10 Å². The zero-order valence-corrected chi connectivity index (χ0v) is 9.42. The van der Waals surface area contributed by atoms with Crippen LogP contribution in [0.15, 0.2) is 30.6 Å². The summed E-state index contributed by atoms with van der Waals surface area (Å²) in [6.07, 6.45) is 3.40. The number of nitrogens with one attached hydrogen (secondary N) is 1. The van der Waals surface area contributed by atoms with Crippen molar-refractivity contribution in [3.63, 3.8) is 0 Å². The lowest BCUT2D eigenvalue weighted by Crippen LogP contribution is -2.12. The molecule has 0 aromatic carbocycles. The van der Waals surface area contributed by atoms with Gasteiger partial charge in [0, 0.05) is 12.6 Å². The van der Waals surface area contributed by atoms with Crippen LogP contribution in [0.1, 0.15) is 12.6 Å². The van der Waals surface area contributed by atoms with Crippen LogP contribution >= 0.6 is 0 Å². The van der Waals surface area contributed by atoms with Crippen LogP contribution in [0.25, 0.3) is 0 Å². The Kier molecular flexibility index (Phi) is 3.04. The number of aryl methyl sites for hydroxylation is 1. The summed E-state index contributed by atoms with van der Waals surface area (Å²) in [4.78, 5) is 4.09. The molecule has 3 N–H and O–H groups in total. The molecule has 0 spiro atoms. The lowest BCUT2D eigenvalue weighted by Gasteiger charge is -2.03. The average molecular weight is 231 g/mol. The molecule has 0 radical (unpaired) electrons. The molecule has 0 saturated carbocycles. The third-order valence-corrected chi connectivity index (χ3v) is 2.16. The Hall–Kier alpha value is -2.37. The van der Waals surface area contributed by atoms with Gasteiger partial charge in [-0.05, 0) is 13.0 Å². The molecule has 88 valence electrons. The van der Waals surface area contributed by atoms with Crippen molar-refractivity contribution < 1.29 is 4.74 Å². The van der Waals surface area contributed by atoms with Crippen LogP contribution in [0.2, 0.25) is 0 Å². The second kappa shape index (κ2) is 4.65. The normalized spacial score (nSPS) is 10.2. The predicted octanol–water partition coefficient (Wildman–Crippen LogP) is 1.37. The SMILES string of the molecule is CCn1cc(Oc2cccc(C(=N)N)n2)cn1. The quantitative estimate of drug-likeness (QED) is 0.614. The molecule has 6 heteroatoms. The molecule has 0 atom stereocenters. The van der Waals surface area contributed by atoms with Gasteiger partial charge in [-0.3, -0.25) is 10.1 Å². The van der Waals surface area contributed by atoms with Crippen LogP contribution in [-0.4, -0.2) is 20.6 Å². The van der Waals surface area contributed by atoms with Crippen LogP contribution in [-0.2, 0) is 6.54 Å². The van der Waals surface area contributed by atoms with Crippen molar-refractivity contribution in [3.05, 3.63) is 36.3 Å². The summed E-state index contributed by atoms with van der Waals surface area (Å²) in [6, 6.07) is 5.10. The molecule has 0 fully saturated rings. The van der Waals surface area contributed by atoms with E-state index < -0.39 is 0 Å². The Balaban J connectivity index is 2.18. The van der Waals surface area contributed by atoms with Gasteiger partial charge in [0.2, 0.25) is 5.88 Å². The summed E-state index contributed by atoms with van der Waals surface area (Å²) in [5.74, 6) is 0.924. The van der Waals surface area contributed by atoms with Gasteiger partial charge in [0.15, 0.2) is 5.75 Å². The van der Waals surface area contributed by atoms with Crippen LogP contribution < -0.4 is 10.5 Å². The van der Waals surface area contributed by atoms with Crippen molar-refractivity contribution in [3.8, 4) is 11.6 Å². The van der Waals surface area contributed by atoms with Gasteiger partial charge in [0.1, 0.15) is 11.5 Å². The first-order valence-electron chi connectivity index (χ1n) is 5.21.